The predicted octanol–water partition coefficient (Wildman–Crippen LogP) is 3.20. The van der Waals surface area contributed by atoms with E-state index in [1.165, 1.54) is 7.11 Å². The lowest BCUT2D eigenvalue weighted by Crippen LogP contribution is -2.16. The van der Waals surface area contributed by atoms with Gasteiger partial charge in [0.1, 0.15) is 0 Å². The van der Waals surface area contributed by atoms with Gasteiger partial charge in [-0.05, 0) is 37.5 Å². The maximum atomic E-state index is 12.7. The fourth-order valence-electron chi connectivity index (χ4n) is 2.70. The lowest BCUT2D eigenvalue weighted by atomic mass is 9.98. The molecule has 0 aliphatic carbocycles. The van der Waals surface area contributed by atoms with Crippen molar-refractivity contribution < 1.29 is 14.3 Å². The highest BCUT2D eigenvalue weighted by atomic mass is 16.5. The maximum Gasteiger partial charge on any atom is 0.337 e. The van der Waals surface area contributed by atoms with E-state index in [1.54, 1.807) is 30.8 Å². The molecule has 0 bridgehead atoms. The summed E-state index contributed by atoms with van der Waals surface area (Å²) >= 11 is 0. The number of carbonyl (C=O) groups excluding carboxylic acids is 2. The zero-order chi connectivity index (χ0) is 18.0. The molecule has 2 aromatic rings. The molecular formula is C18H23N3O3. The van der Waals surface area contributed by atoms with E-state index < -0.39 is 5.97 Å². The van der Waals surface area contributed by atoms with Crippen molar-refractivity contribution in [2.75, 3.05) is 12.4 Å². The van der Waals surface area contributed by atoms with E-state index in [-0.39, 0.29) is 11.8 Å². The smallest absolute Gasteiger partial charge is 0.337 e. The Hall–Kier alpha value is -2.63. The average Bonchev–Trinajstić information content (AvgIpc) is 2.78. The van der Waals surface area contributed by atoms with E-state index in [0.29, 0.717) is 22.5 Å². The van der Waals surface area contributed by atoms with E-state index >= 15 is 0 Å². The number of nitrogens with zero attached hydrogens (tertiary/aromatic N) is 2. The third kappa shape index (κ3) is 3.32. The molecule has 6 nitrogen and oxygen atoms in total. The van der Waals surface area contributed by atoms with E-state index in [9.17, 15) is 9.59 Å². The van der Waals surface area contributed by atoms with Gasteiger partial charge in [-0.2, -0.15) is 5.10 Å². The first-order chi connectivity index (χ1) is 11.3. The molecule has 0 radical (unpaired) electrons. The molecule has 0 unspecified atom stereocenters. The standard InChI is InChI=1S/C18H23N3O3/c1-10(2)14-8-7-13(18(23)24-6)9-15(14)19-17(22)16-11(3)20-21(5)12(16)4/h7-10H,1-6H3,(H,19,22). The Bertz CT molecular complexity index is 791. The molecule has 0 spiro atoms. The van der Waals surface area contributed by atoms with E-state index in [4.69, 9.17) is 4.74 Å². The minimum absolute atomic E-state index is 0.197. The van der Waals surface area contributed by atoms with Gasteiger partial charge in [-0.25, -0.2) is 4.79 Å². The van der Waals surface area contributed by atoms with E-state index in [0.717, 1.165) is 11.3 Å². The molecular weight excluding hydrogens is 306 g/mol. The van der Waals surface area contributed by atoms with Gasteiger partial charge in [-0.3, -0.25) is 9.48 Å². The van der Waals surface area contributed by atoms with Crippen LogP contribution in [0.15, 0.2) is 18.2 Å². The van der Waals surface area contributed by atoms with Gasteiger partial charge in [0.2, 0.25) is 0 Å². The van der Waals surface area contributed by atoms with E-state index in [2.05, 4.69) is 10.4 Å². The lowest BCUT2D eigenvalue weighted by Gasteiger charge is -2.15. The van der Waals surface area contributed by atoms with Crippen molar-refractivity contribution >= 4 is 17.6 Å². The number of benzene rings is 1. The minimum Gasteiger partial charge on any atom is -0.465 e. The van der Waals surface area contributed by atoms with Crippen LogP contribution in [0.1, 0.15) is 57.4 Å². The van der Waals surface area contributed by atoms with Crippen molar-refractivity contribution in [1.29, 1.82) is 0 Å². The van der Waals surface area contributed by atoms with Crippen molar-refractivity contribution in [2.45, 2.75) is 33.6 Å². The number of anilines is 1. The Kier molecular flexibility index (Phi) is 5.07. The summed E-state index contributed by atoms with van der Waals surface area (Å²) in [6, 6.07) is 5.20. The number of carbonyl (C=O) groups is 2. The molecule has 24 heavy (non-hydrogen) atoms. The van der Waals surface area contributed by atoms with Crippen LogP contribution in [0.25, 0.3) is 0 Å². The molecule has 0 saturated heterocycles. The molecule has 1 N–H and O–H groups in total. The second-order valence-corrected chi connectivity index (χ2v) is 6.07. The van der Waals surface area contributed by atoms with Gasteiger partial charge in [0, 0.05) is 18.4 Å². The van der Waals surface area contributed by atoms with Crippen LogP contribution in [0.3, 0.4) is 0 Å². The number of nitrogens with one attached hydrogen (secondary N) is 1. The average molecular weight is 329 g/mol. The first-order valence-electron chi connectivity index (χ1n) is 7.80. The van der Waals surface area contributed by atoms with Crippen LogP contribution in [0.4, 0.5) is 5.69 Å². The molecule has 0 atom stereocenters. The maximum absolute atomic E-state index is 12.7. The van der Waals surface area contributed by atoms with Crippen LogP contribution in [0, 0.1) is 13.8 Å². The summed E-state index contributed by atoms with van der Waals surface area (Å²) in [6.45, 7) is 7.71. The summed E-state index contributed by atoms with van der Waals surface area (Å²) in [6.07, 6.45) is 0. The Morgan fingerprint density at radius 2 is 1.92 bits per heavy atom. The van der Waals surface area contributed by atoms with Crippen molar-refractivity contribution in [3.05, 3.63) is 46.3 Å². The highest BCUT2D eigenvalue weighted by molar-refractivity contribution is 6.06. The minimum atomic E-state index is -0.436. The number of hydrogen-bond acceptors (Lipinski definition) is 4. The van der Waals surface area contributed by atoms with Crippen molar-refractivity contribution in [3.63, 3.8) is 0 Å². The largest absolute Gasteiger partial charge is 0.465 e. The molecule has 0 saturated carbocycles. The number of methoxy groups -OCH3 is 1. The zero-order valence-corrected chi connectivity index (χ0v) is 14.9. The topological polar surface area (TPSA) is 73.2 Å². The second-order valence-electron chi connectivity index (χ2n) is 6.07. The third-order valence-electron chi connectivity index (χ3n) is 4.08. The highest BCUT2D eigenvalue weighted by Crippen LogP contribution is 2.27. The second kappa shape index (κ2) is 6.86. The number of aryl methyl sites for hydroxylation is 2. The summed E-state index contributed by atoms with van der Waals surface area (Å²) in [7, 11) is 3.13. The number of rotatable bonds is 4. The van der Waals surface area contributed by atoms with Gasteiger partial charge in [0.25, 0.3) is 5.91 Å². The quantitative estimate of drug-likeness (QED) is 0.874. The van der Waals surface area contributed by atoms with Crippen LogP contribution in [-0.4, -0.2) is 28.8 Å². The first-order valence-corrected chi connectivity index (χ1v) is 7.80. The molecule has 1 amide bonds. The number of esters is 1. The van der Waals surface area contributed by atoms with Gasteiger partial charge >= 0.3 is 5.97 Å². The highest BCUT2D eigenvalue weighted by Gasteiger charge is 2.20. The van der Waals surface area contributed by atoms with E-state index in [1.807, 2.05) is 26.8 Å². The third-order valence-corrected chi connectivity index (χ3v) is 4.08. The first kappa shape index (κ1) is 17.7. The van der Waals surface area contributed by atoms with Crippen molar-refractivity contribution in [2.24, 2.45) is 7.05 Å². The zero-order valence-electron chi connectivity index (χ0n) is 14.9. The molecule has 128 valence electrons. The van der Waals surface area contributed by atoms with Gasteiger partial charge in [0.05, 0.1) is 23.9 Å². The van der Waals surface area contributed by atoms with Crippen LogP contribution in [0.2, 0.25) is 0 Å². The Morgan fingerprint density at radius 1 is 1.25 bits per heavy atom. The Balaban J connectivity index is 2.43. The van der Waals surface area contributed by atoms with Crippen LogP contribution < -0.4 is 5.32 Å². The number of hydrogen-bond donors (Lipinski definition) is 1. The van der Waals surface area contributed by atoms with Gasteiger partial charge < -0.3 is 10.1 Å². The molecule has 0 fully saturated rings. The normalized spacial score (nSPS) is 10.8. The Morgan fingerprint density at radius 3 is 2.42 bits per heavy atom. The summed E-state index contributed by atoms with van der Waals surface area (Å²) in [5.41, 5.74) is 3.98. The summed E-state index contributed by atoms with van der Waals surface area (Å²) < 4.78 is 6.44. The molecule has 0 aliphatic rings. The molecule has 6 heteroatoms. The predicted molar refractivity (Wildman–Crippen MR) is 92.5 cm³/mol. The molecule has 0 aliphatic heterocycles. The van der Waals surface area contributed by atoms with Gasteiger partial charge in [-0.1, -0.05) is 19.9 Å². The SMILES string of the molecule is COC(=O)c1ccc(C(C)C)c(NC(=O)c2c(C)nn(C)c2C)c1. The summed E-state index contributed by atoms with van der Waals surface area (Å²) in [4.78, 5) is 24.5. The molecule has 1 aromatic carbocycles. The number of amides is 1. The van der Waals surface area contributed by atoms with Crippen LogP contribution >= 0.6 is 0 Å². The van der Waals surface area contributed by atoms with Crippen molar-refractivity contribution in [3.8, 4) is 0 Å². The van der Waals surface area contributed by atoms with Gasteiger partial charge in [0.15, 0.2) is 0 Å². The number of aromatic nitrogens is 2. The molecule has 1 heterocycles. The summed E-state index contributed by atoms with van der Waals surface area (Å²) in [5, 5.41) is 7.19. The fraction of sp³-hybridized carbons (Fsp3) is 0.389. The van der Waals surface area contributed by atoms with Crippen molar-refractivity contribution in [1.82, 2.24) is 9.78 Å². The number of ether oxygens (including phenoxy) is 1. The molecule has 2 rings (SSSR count). The van der Waals surface area contributed by atoms with Crippen LogP contribution in [0.5, 0.6) is 0 Å². The van der Waals surface area contributed by atoms with Crippen LogP contribution in [-0.2, 0) is 11.8 Å². The fourth-order valence-corrected chi connectivity index (χ4v) is 2.70. The lowest BCUT2D eigenvalue weighted by molar-refractivity contribution is 0.0600. The monoisotopic (exact) mass is 329 g/mol. The molecule has 1 aromatic heterocycles. The summed E-state index contributed by atoms with van der Waals surface area (Å²) in [5.74, 6) is -0.473. The Labute approximate surface area is 141 Å². The van der Waals surface area contributed by atoms with Gasteiger partial charge in [-0.15, -0.1) is 0 Å².